The van der Waals surface area contributed by atoms with Crippen LogP contribution in [0.4, 0.5) is 0 Å². The molecular weight excluding hydrogens is 396 g/mol. The minimum atomic E-state index is -0.791. The van der Waals surface area contributed by atoms with Crippen LogP contribution in [0.2, 0.25) is 0 Å². The summed E-state index contributed by atoms with van der Waals surface area (Å²) in [5.41, 5.74) is -4.31. The van der Waals surface area contributed by atoms with Crippen LogP contribution in [0.1, 0.15) is 64.2 Å². The van der Waals surface area contributed by atoms with Crippen LogP contribution in [0.5, 0.6) is 0 Å². The van der Waals surface area contributed by atoms with Gasteiger partial charge in [0.15, 0.2) is 0 Å². The predicted molar refractivity (Wildman–Crippen MR) is 110 cm³/mol. The average Bonchev–Trinajstić information content (AvgIpc) is 2.65. The second-order valence-corrected chi connectivity index (χ2v) is 7.22. The van der Waals surface area contributed by atoms with Gasteiger partial charge in [-0.2, -0.15) is 0 Å². The third-order valence-electron chi connectivity index (χ3n) is 4.88. The fourth-order valence-electron chi connectivity index (χ4n) is 3.27. The lowest BCUT2D eigenvalue weighted by Crippen LogP contribution is -2.43. The van der Waals surface area contributed by atoms with Gasteiger partial charge in [-0.1, -0.05) is 51.4 Å². The Morgan fingerprint density at radius 1 is 0.400 bits per heavy atom. The number of H-pyrrole nitrogens is 4. The summed E-state index contributed by atoms with van der Waals surface area (Å²) in [4.78, 5) is 76.2. The lowest BCUT2D eigenvalue weighted by Gasteiger charge is -2.05. The first-order valence-corrected chi connectivity index (χ1v) is 10.3. The summed E-state index contributed by atoms with van der Waals surface area (Å²) in [6.45, 7) is 0.568. The van der Waals surface area contributed by atoms with E-state index in [-0.39, 0.29) is 13.1 Å². The van der Waals surface area contributed by atoms with Gasteiger partial charge in [0, 0.05) is 13.1 Å². The van der Waals surface area contributed by atoms with Crippen molar-refractivity contribution in [1.29, 1.82) is 0 Å². The molecule has 0 aliphatic heterocycles. The van der Waals surface area contributed by atoms with Gasteiger partial charge in [0.05, 0.1) is 0 Å². The molecule has 0 saturated carbocycles. The number of hydrogen-bond acceptors (Lipinski definition) is 6. The number of aromatic amines is 4. The largest absolute Gasteiger partial charge is 0.333 e. The number of nitrogens with one attached hydrogen (secondary N) is 4. The molecule has 0 aliphatic rings. The Bertz CT molecular complexity index is 988. The highest BCUT2D eigenvalue weighted by atomic mass is 16.2. The molecule has 2 aromatic heterocycles. The molecule has 0 spiro atoms. The van der Waals surface area contributed by atoms with E-state index >= 15 is 0 Å². The van der Waals surface area contributed by atoms with Gasteiger partial charge in [-0.15, -0.1) is 0 Å². The van der Waals surface area contributed by atoms with E-state index < -0.39 is 34.1 Å². The molecule has 0 atom stereocenters. The third kappa shape index (κ3) is 7.33. The Kier molecular flexibility index (Phi) is 9.03. The molecule has 12 nitrogen and oxygen atoms in total. The second-order valence-electron chi connectivity index (χ2n) is 7.22. The molecule has 12 heteroatoms. The van der Waals surface area contributed by atoms with Crippen molar-refractivity contribution in [2.24, 2.45) is 0 Å². The molecule has 166 valence electrons. The summed E-state index contributed by atoms with van der Waals surface area (Å²) in [6, 6.07) is 0. The van der Waals surface area contributed by atoms with Gasteiger partial charge in [-0.25, -0.2) is 37.9 Å². The van der Waals surface area contributed by atoms with Crippen molar-refractivity contribution in [2.45, 2.75) is 77.3 Å². The molecule has 0 bridgehead atoms. The fourth-order valence-corrected chi connectivity index (χ4v) is 3.27. The van der Waals surface area contributed by atoms with E-state index in [1.54, 1.807) is 0 Å². The van der Waals surface area contributed by atoms with Crippen LogP contribution < -0.4 is 34.1 Å². The Balaban J connectivity index is 1.49. The highest BCUT2D eigenvalue weighted by Crippen LogP contribution is 2.10. The molecule has 0 aliphatic carbocycles. The van der Waals surface area contributed by atoms with E-state index in [4.69, 9.17) is 0 Å². The normalized spacial score (nSPS) is 11.1. The molecule has 0 fully saturated rings. The summed E-state index contributed by atoms with van der Waals surface area (Å²) in [5, 5.41) is 0. The predicted octanol–water partition coefficient (Wildman–Crippen LogP) is -0.636. The van der Waals surface area contributed by atoms with Crippen molar-refractivity contribution in [3.8, 4) is 0 Å². The van der Waals surface area contributed by atoms with E-state index in [2.05, 4.69) is 0 Å². The molecule has 30 heavy (non-hydrogen) atoms. The highest BCUT2D eigenvalue weighted by Gasteiger charge is 2.03. The zero-order valence-corrected chi connectivity index (χ0v) is 16.8. The van der Waals surface area contributed by atoms with Gasteiger partial charge in [0.1, 0.15) is 0 Å². The minimum absolute atomic E-state index is 0.284. The van der Waals surface area contributed by atoms with Gasteiger partial charge in [-0.05, 0) is 12.8 Å². The van der Waals surface area contributed by atoms with Crippen molar-refractivity contribution < 1.29 is 0 Å². The van der Waals surface area contributed by atoms with Gasteiger partial charge in [-0.3, -0.25) is 19.9 Å². The Labute approximate surface area is 170 Å². The smallest absolute Gasteiger partial charge is 0.259 e. The maximum atomic E-state index is 11.5. The zero-order valence-electron chi connectivity index (χ0n) is 16.8. The third-order valence-corrected chi connectivity index (χ3v) is 4.88. The summed E-state index contributed by atoms with van der Waals surface area (Å²) >= 11 is 0. The van der Waals surface area contributed by atoms with Gasteiger partial charge < -0.3 is 0 Å². The van der Waals surface area contributed by atoms with Crippen LogP contribution in [-0.2, 0) is 13.1 Å². The molecule has 0 saturated heterocycles. The first-order chi connectivity index (χ1) is 14.4. The summed E-state index contributed by atoms with van der Waals surface area (Å²) < 4.78 is 1.99. The minimum Gasteiger partial charge on any atom is -0.259 e. The Morgan fingerprint density at radius 3 is 0.900 bits per heavy atom. The number of hydrogen-bond donors (Lipinski definition) is 4. The molecule has 2 heterocycles. The summed E-state index contributed by atoms with van der Waals surface area (Å²) in [7, 11) is 0. The van der Waals surface area contributed by atoms with Crippen LogP contribution in [-0.4, -0.2) is 29.1 Å². The van der Waals surface area contributed by atoms with Crippen LogP contribution in [0.3, 0.4) is 0 Å². The van der Waals surface area contributed by atoms with Crippen molar-refractivity contribution in [1.82, 2.24) is 29.1 Å². The molecule has 0 amide bonds. The lowest BCUT2D eigenvalue weighted by molar-refractivity contribution is 0.500. The number of nitrogens with zero attached hydrogens (tertiary/aromatic N) is 2. The van der Waals surface area contributed by atoms with E-state index in [1.165, 1.54) is 0 Å². The average molecular weight is 424 g/mol. The quantitative estimate of drug-likeness (QED) is 0.311. The van der Waals surface area contributed by atoms with E-state index in [0.717, 1.165) is 60.5 Å². The molecule has 2 aromatic rings. The first-order valence-electron chi connectivity index (χ1n) is 10.3. The van der Waals surface area contributed by atoms with Crippen molar-refractivity contribution in [3.05, 3.63) is 62.9 Å². The van der Waals surface area contributed by atoms with Gasteiger partial charge in [0.2, 0.25) is 0 Å². The Morgan fingerprint density at radius 2 is 0.633 bits per heavy atom. The fraction of sp³-hybridized carbons (Fsp3) is 0.667. The van der Waals surface area contributed by atoms with Crippen molar-refractivity contribution in [3.63, 3.8) is 0 Å². The van der Waals surface area contributed by atoms with E-state index in [1.807, 2.05) is 19.9 Å². The SMILES string of the molecule is O=c1[nH]c(=O)n(CCCCCCCCCCCCn2c(=O)[nH]c(=O)[nH]c2=O)c(=O)[nH]1. The van der Waals surface area contributed by atoms with Crippen LogP contribution in [0.15, 0.2) is 28.8 Å². The van der Waals surface area contributed by atoms with E-state index in [9.17, 15) is 28.8 Å². The topological polar surface area (TPSA) is 175 Å². The van der Waals surface area contributed by atoms with Crippen LogP contribution in [0.25, 0.3) is 0 Å². The second kappa shape index (κ2) is 11.7. The highest BCUT2D eigenvalue weighted by molar-refractivity contribution is 4.70. The van der Waals surface area contributed by atoms with Crippen LogP contribution >= 0.6 is 0 Å². The monoisotopic (exact) mass is 424 g/mol. The summed E-state index contributed by atoms with van der Waals surface area (Å²) in [5.74, 6) is 0. The number of unbranched alkanes of at least 4 members (excludes halogenated alkanes) is 9. The Hall–Kier alpha value is -3.18. The number of aromatic nitrogens is 6. The zero-order chi connectivity index (χ0) is 21.9. The molecule has 2 rings (SSSR count). The van der Waals surface area contributed by atoms with Gasteiger partial charge in [0.25, 0.3) is 0 Å². The molecular formula is C18H28N6O6. The standard InChI is InChI=1S/C18H28N6O6/c25-13-19-15(27)23(16(28)20-13)11-9-7-5-3-1-2-4-6-8-10-12-24-17(29)21-14(26)22-18(24)30/h1-12H2,(H2,19,20,25,27,28)(H2,21,22,26,29,30). The summed E-state index contributed by atoms with van der Waals surface area (Å²) in [6.07, 6.45) is 9.52. The molecule has 0 unspecified atom stereocenters. The maximum absolute atomic E-state index is 11.5. The first kappa shape index (κ1) is 23.1. The molecule has 0 radical (unpaired) electrons. The molecule has 0 aromatic carbocycles. The van der Waals surface area contributed by atoms with Gasteiger partial charge >= 0.3 is 34.1 Å². The number of rotatable bonds is 13. The van der Waals surface area contributed by atoms with Crippen molar-refractivity contribution in [2.75, 3.05) is 0 Å². The van der Waals surface area contributed by atoms with E-state index in [0.29, 0.717) is 12.8 Å². The van der Waals surface area contributed by atoms with Crippen molar-refractivity contribution >= 4 is 0 Å². The maximum Gasteiger partial charge on any atom is 0.333 e. The molecule has 4 N–H and O–H groups in total. The van der Waals surface area contributed by atoms with Crippen LogP contribution in [0, 0.1) is 0 Å². The lowest BCUT2D eigenvalue weighted by atomic mass is 10.1.